The lowest BCUT2D eigenvalue weighted by Crippen LogP contribution is -2.02. The van der Waals surface area contributed by atoms with Crippen molar-refractivity contribution in [3.8, 4) is 0 Å². The number of carboxylic acid groups (broad SMARTS) is 1. The maximum absolute atomic E-state index is 9.68. The molecule has 0 unspecified atom stereocenters. The van der Waals surface area contributed by atoms with Gasteiger partial charge in [0.15, 0.2) is 0 Å². The van der Waals surface area contributed by atoms with Crippen molar-refractivity contribution in [3.63, 3.8) is 0 Å². The smallest absolute Gasteiger partial charge is 0.302 e. The zero-order valence-electron chi connectivity index (χ0n) is 3.40. The molecule has 0 atom stereocenters. The van der Waals surface area contributed by atoms with Crippen molar-refractivity contribution in [3.05, 3.63) is 0 Å². The third-order valence-corrected chi connectivity index (χ3v) is 1.91. The van der Waals surface area contributed by atoms with Gasteiger partial charge in [0.1, 0.15) is 0 Å². The highest BCUT2D eigenvalue weighted by Crippen LogP contribution is 2.00. The second kappa shape index (κ2) is 3.29. The molecule has 0 heterocycles. The molecule has 0 aromatic heterocycles. The number of halogens is 2. The van der Waals surface area contributed by atoms with E-state index >= 15 is 0 Å². The molecule has 0 bridgehead atoms. The fourth-order valence-electron chi connectivity index (χ4n) is 0.132. The Bertz CT molecular complexity index is 74.1. The Morgan fingerprint density at radius 1 is 1.71 bits per heavy atom. The highest BCUT2D eigenvalue weighted by Gasteiger charge is 2.06. The van der Waals surface area contributed by atoms with Gasteiger partial charge >= 0.3 is 5.97 Å². The summed E-state index contributed by atoms with van der Waals surface area (Å²) in [5, 5.41) is 7.95. The van der Waals surface area contributed by atoms with Crippen molar-refractivity contribution in [2.45, 2.75) is 6.04 Å². The molecule has 0 aromatic rings. The largest absolute Gasteiger partial charge is 0.481 e. The van der Waals surface area contributed by atoms with Crippen LogP contribution in [0.15, 0.2) is 0 Å². The van der Waals surface area contributed by atoms with E-state index in [-0.39, 0.29) is 6.04 Å². The quantitative estimate of drug-likeness (QED) is 0.477. The molecular formula is C2H4Cl2O2Si. The lowest BCUT2D eigenvalue weighted by molar-refractivity contribution is -0.134. The first-order chi connectivity index (χ1) is 3.13. The maximum atomic E-state index is 9.68. The topological polar surface area (TPSA) is 37.3 Å². The van der Waals surface area contributed by atoms with Crippen molar-refractivity contribution in [2.24, 2.45) is 0 Å². The Kier molecular flexibility index (Phi) is 3.42. The van der Waals surface area contributed by atoms with Gasteiger partial charge in [0.05, 0.1) is 6.04 Å². The van der Waals surface area contributed by atoms with E-state index in [1.54, 1.807) is 0 Å². The van der Waals surface area contributed by atoms with Crippen molar-refractivity contribution in [2.75, 3.05) is 0 Å². The fourth-order valence-corrected chi connectivity index (χ4v) is 1.19. The van der Waals surface area contributed by atoms with E-state index in [0.717, 1.165) is 0 Å². The first kappa shape index (κ1) is 7.27. The molecule has 42 valence electrons. The number of hydrogen-bond donors (Lipinski definition) is 1. The van der Waals surface area contributed by atoms with Crippen molar-refractivity contribution in [1.82, 2.24) is 0 Å². The summed E-state index contributed by atoms with van der Waals surface area (Å²) in [5.41, 5.74) is 0. The SMILES string of the molecule is O=C(O)C[SiH](Cl)Cl. The first-order valence-corrected chi connectivity index (χ1v) is 5.93. The second-order valence-corrected chi connectivity index (χ2v) is 6.01. The summed E-state index contributed by atoms with van der Waals surface area (Å²) in [7, 11) is -1.88. The third-order valence-electron chi connectivity index (χ3n) is 0.329. The standard InChI is InChI=1S/C2H4Cl2O2Si/c3-7(4)1-2(5)6/h7H,1H2,(H,5,6). The predicted octanol–water partition coefficient (Wildman–Crippen LogP) is 0.769. The van der Waals surface area contributed by atoms with E-state index in [1.807, 2.05) is 0 Å². The molecule has 0 spiro atoms. The van der Waals surface area contributed by atoms with Crippen LogP contribution < -0.4 is 0 Å². The maximum Gasteiger partial charge on any atom is 0.302 e. The third kappa shape index (κ3) is 6.27. The zero-order valence-corrected chi connectivity index (χ0v) is 6.06. The molecule has 2 nitrogen and oxygen atoms in total. The van der Waals surface area contributed by atoms with Gasteiger partial charge in [-0.2, -0.15) is 0 Å². The molecule has 1 N–H and O–H groups in total. The van der Waals surface area contributed by atoms with Crippen LogP contribution in [0.1, 0.15) is 0 Å². The monoisotopic (exact) mass is 158 g/mol. The molecule has 0 radical (unpaired) electrons. The number of aliphatic carboxylic acids is 1. The highest BCUT2D eigenvalue weighted by molar-refractivity contribution is 7.34. The summed E-state index contributed by atoms with van der Waals surface area (Å²) in [6, 6.07) is -0.0525. The normalized spacial score (nSPS) is 9.57. The minimum Gasteiger partial charge on any atom is -0.481 e. The van der Waals surface area contributed by atoms with E-state index in [0.29, 0.717) is 0 Å². The molecule has 0 aliphatic carbocycles. The number of rotatable bonds is 2. The molecule has 0 saturated carbocycles. The Morgan fingerprint density at radius 3 is 2.14 bits per heavy atom. The van der Waals surface area contributed by atoms with Crippen LogP contribution in [0, 0.1) is 0 Å². The van der Waals surface area contributed by atoms with Gasteiger partial charge in [-0.25, -0.2) is 0 Å². The molecule has 7 heavy (non-hydrogen) atoms. The minimum absolute atomic E-state index is 0.0525. The van der Waals surface area contributed by atoms with Crippen LogP contribution in [0.2, 0.25) is 6.04 Å². The van der Waals surface area contributed by atoms with Gasteiger partial charge in [-0.1, -0.05) is 0 Å². The van der Waals surface area contributed by atoms with Crippen LogP contribution >= 0.6 is 22.2 Å². The Morgan fingerprint density at radius 2 is 2.14 bits per heavy atom. The molecule has 0 amide bonds. The number of carbonyl (C=O) groups is 1. The number of hydrogen-bond acceptors (Lipinski definition) is 1. The van der Waals surface area contributed by atoms with E-state index in [1.165, 1.54) is 0 Å². The molecule has 0 saturated heterocycles. The van der Waals surface area contributed by atoms with Crippen molar-refractivity contribution in [1.29, 1.82) is 0 Å². The second-order valence-electron chi connectivity index (χ2n) is 0.989. The number of carboxylic acids is 1. The fraction of sp³-hybridized carbons (Fsp3) is 0.500. The molecule has 0 fully saturated rings. The van der Waals surface area contributed by atoms with Crippen molar-refractivity contribution >= 4 is 35.5 Å². The highest BCUT2D eigenvalue weighted by atomic mass is 35.7. The average molecular weight is 159 g/mol. The van der Waals surface area contributed by atoms with Crippen LogP contribution in [0.3, 0.4) is 0 Å². The predicted molar refractivity (Wildman–Crippen MR) is 31.3 cm³/mol. The zero-order chi connectivity index (χ0) is 5.86. The Balaban J connectivity index is 3.13. The molecule has 0 rings (SSSR count). The summed E-state index contributed by atoms with van der Waals surface area (Å²) < 4.78 is 0. The van der Waals surface area contributed by atoms with Gasteiger partial charge in [-0.15, -0.1) is 22.2 Å². The lowest BCUT2D eigenvalue weighted by atomic mass is 10.8. The van der Waals surface area contributed by atoms with Crippen LogP contribution in [0.25, 0.3) is 0 Å². The Labute approximate surface area is 52.1 Å². The van der Waals surface area contributed by atoms with Crippen molar-refractivity contribution < 1.29 is 9.90 Å². The average Bonchev–Trinajstić information content (AvgIpc) is 1.27. The van der Waals surface area contributed by atoms with Crippen LogP contribution in [-0.4, -0.2) is 18.5 Å². The van der Waals surface area contributed by atoms with E-state index in [2.05, 4.69) is 0 Å². The van der Waals surface area contributed by atoms with Crippen LogP contribution in [0.4, 0.5) is 0 Å². The summed E-state index contributed by atoms with van der Waals surface area (Å²) in [4.78, 5) is 9.68. The molecule has 5 heteroatoms. The van der Waals surface area contributed by atoms with Gasteiger partial charge < -0.3 is 5.11 Å². The Hall–Kier alpha value is 0.267. The van der Waals surface area contributed by atoms with Gasteiger partial charge in [-0.3, -0.25) is 4.79 Å². The molecule has 0 aliphatic heterocycles. The van der Waals surface area contributed by atoms with E-state index in [4.69, 9.17) is 27.3 Å². The molecule has 0 aliphatic rings. The molecule has 0 aromatic carbocycles. The lowest BCUT2D eigenvalue weighted by Gasteiger charge is -1.87. The van der Waals surface area contributed by atoms with E-state index in [9.17, 15) is 4.79 Å². The summed E-state index contributed by atoms with van der Waals surface area (Å²) in [5.74, 6) is -0.915. The summed E-state index contributed by atoms with van der Waals surface area (Å²) in [6.45, 7) is 0. The summed E-state index contributed by atoms with van der Waals surface area (Å²) in [6.07, 6.45) is 0. The van der Waals surface area contributed by atoms with Crippen LogP contribution in [0.5, 0.6) is 0 Å². The van der Waals surface area contributed by atoms with Gasteiger partial charge in [0.2, 0.25) is 7.42 Å². The molecular weight excluding hydrogens is 155 g/mol. The van der Waals surface area contributed by atoms with Crippen LogP contribution in [-0.2, 0) is 4.79 Å². The van der Waals surface area contributed by atoms with Gasteiger partial charge in [-0.05, 0) is 0 Å². The van der Waals surface area contributed by atoms with Gasteiger partial charge in [0.25, 0.3) is 0 Å². The first-order valence-electron chi connectivity index (χ1n) is 1.63. The van der Waals surface area contributed by atoms with E-state index < -0.39 is 13.4 Å². The van der Waals surface area contributed by atoms with Gasteiger partial charge in [0, 0.05) is 0 Å². The summed E-state index contributed by atoms with van der Waals surface area (Å²) >= 11 is 10.4. The minimum atomic E-state index is -1.88.